The molecule has 0 bridgehead atoms. The molecule has 0 radical (unpaired) electrons. The maximum Gasteiger partial charge on any atom is 0.339 e. The Labute approximate surface area is 164 Å². The Morgan fingerprint density at radius 1 is 0.929 bits per heavy atom. The average molecular weight is 380 g/mol. The molecule has 2 aromatic rings. The van der Waals surface area contributed by atoms with E-state index in [1.165, 1.54) is 4.90 Å². The average Bonchev–Trinajstić information content (AvgIpc) is 3.27. The number of hydrogen-bond donors (Lipinski definition) is 0. The molecule has 0 unspecified atom stereocenters. The van der Waals surface area contributed by atoms with Crippen molar-refractivity contribution >= 4 is 23.5 Å². The summed E-state index contributed by atoms with van der Waals surface area (Å²) < 4.78 is 5.39. The minimum Gasteiger partial charge on any atom is -0.449 e. The molecule has 1 heterocycles. The Balaban J connectivity index is 1.76. The van der Waals surface area contributed by atoms with Crippen LogP contribution in [0.15, 0.2) is 54.6 Å². The number of nitrogens with zero attached hydrogens (tertiary/aromatic N) is 2. The number of para-hydroxylation sites is 1. The lowest BCUT2D eigenvalue weighted by Crippen LogP contribution is -2.38. The molecule has 1 saturated heterocycles. The van der Waals surface area contributed by atoms with Crippen LogP contribution >= 0.6 is 0 Å². The third-order valence-corrected chi connectivity index (χ3v) is 4.87. The molecule has 0 saturated carbocycles. The van der Waals surface area contributed by atoms with Crippen molar-refractivity contribution in [3.63, 3.8) is 0 Å². The molecule has 0 N–H and O–H groups in total. The highest BCUT2D eigenvalue weighted by Gasteiger charge is 2.28. The van der Waals surface area contributed by atoms with Gasteiger partial charge in [-0.25, -0.2) is 4.79 Å². The van der Waals surface area contributed by atoms with Crippen molar-refractivity contribution in [3.05, 3.63) is 65.7 Å². The standard InChI is InChI=1S/C22H24N2O4/c1-16(20(25)24-14-8-9-15-24)28-22(27)19-13-7-6-12-18(19)21(26)23(2)17-10-4-3-5-11-17/h3-7,10-13,16H,8-9,14-15H2,1-2H3/t16-/m1/s1. The largest absolute Gasteiger partial charge is 0.449 e. The van der Waals surface area contributed by atoms with Crippen LogP contribution < -0.4 is 4.90 Å². The fourth-order valence-electron chi connectivity index (χ4n) is 3.27. The van der Waals surface area contributed by atoms with Crippen molar-refractivity contribution in [1.29, 1.82) is 0 Å². The third-order valence-electron chi connectivity index (χ3n) is 4.87. The summed E-state index contributed by atoms with van der Waals surface area (Å²) >= 11 is 0. The van der Waals surface area contributed by atoms with E-state index in [0.717, 1.165) is 12.8 Å². The molecule has 1 fully saturated rings. The van der Waals surface area contributed by atoms with Gasteiger partial charge < -0.3 is 14.5 Å². The summed E-state index contributed by atoms with van der Waals surface area (Å²) in [6, 6.07) is 15.7. The van der Waals surface area contributed by atoms with Gasteiger partial charge in [0.25, 0.3) is 11.8 Å². The van der Waals surface area contributed by atoms with E-state index in [9.17, 15) is 14.4 Å². The second-order valence-corrected chi connectivity index (χ2v) is 6.83. The first-order valence-corrected chi connectivity index (χ1v) is 9.41. The Bertz CT molecular complexity index is 860. The van der Waals surface area contributed by atoms with Crippen molar-refractivity contribution in [1.82, 2.24) is 4.90 Å². The van der Waals surface area contributed by atoms with Crippen molar-refractivity contribution in [2.45, 2.75) is 25.9 Å². The van der Waals surface area contributed by atoms with Gasteiger partial charge in [0.15, 0.2) is 6.10 Å². The highest BCUT2D eigenvalue weighted by molar-refractivity contribution is 6.12. The molecule has 0 spiro atoms. The van der Waals surface area contributed by atoms with E-state index < -0.39 is 12.1 Å². The van der Waals surface area contributed by atoms with E-state index in [0.29, 0.717) is 18.8 Å². The van der Waals surface area contributed by atoms with Crippen LogP contribution in [-0.4, -0.2) is 48.9 Å². The SMILES string of the molecule is C[C@@H](OC(=O)c1ccccc1C(=O)N(C)c1ccccc1)C(=O)N1CCCC1. The Hall–Kier alpha value is -3.15. The van der Waals surface area contributed by atoms with E-state index in [1.54, 1.807) is 43.1 Å². The number of carbonyl (C=O) groups excluding carboxylic acids is 3. The molecule has 1 aliphatic rings. The monoisotopic (exact) mass is 380 g/mol. The molecule has 6 nitrogen and oxygen atoms in total. The molecule has 1 aliphatic heterocycles. The number of esters is 1. The van der Waals surface area contributed by atoms with Gasteiger partial charge in [-0.05, 0) is 44.0 Å². The van der Waals surface area contributed by atoms with Gasteiger partial charge in [0.2, 0.25) is 0 Å². The summed E-state index contributed by atoms with van der Waals surface area (Å²) in [7, 11) is 1.65. The van der Waals surface area contributed by atoms with Gasteiger partial charge in [-0.15, -0.1) is 0 Å². The Kier molecular flexibility index (Phi) is 6.09. The Morgan fingerprint density at radius 3 is 2.14 bits per heavy atom. The van der Waals surface area contributed by atoms with Gasteiger partial charge in [0, 0.05) is 25.8 Å². The quantitative estimate of drug-likeness (QED) is 0.748. The molecule has 0 aliphatic carbocycles. The highest BCUT2D eigenvalue weighted by atomic mass is 16.5. The van der Waals surface area contributed by atoms with E-state index in [2.05, 4.69) is 0 Å². The number of anilines is 1. The van der Waals surface area contributed by atoms with Crippen molar-refractivity contribution < 1.29 is 19.1 Å². The fraction of sp³-hybridized carbons (Fsp3) is 0.318. The van der Waals surface area contributed by atoms with Gasteiger partial charge in [-0.3, -0.25) is 9.59 Å². The number of benzene rings is 2. The van der Waals surface area contributed by atoms with Crippen LogP contribution in [0.2, 0.25) is 0 Å². The number of ether oxygens (including phenoxy) is 1. The van der Waals surface area contributed by atoms with Crippen molar-refractivity contribution in [3.8, 4) is 0 Å². The summed E-state index contributed by atoms with van der Waals surface area (Å²) in [5.41, 5.74) is 1.10. The number of hydrogen-bond acceptors (Lipinski definition) is 4. The van der Waals surface area contributed by atoms with Crippen molar-refractivity contribution in [2.24, 2.45) is 0 Å². The lowest BCUT2D eigenvalue weighted by atomic mass is 10.1. The van der Waals surface area contributed by atoms with Crippen molar-refractivity contribution in [2.75, 3.05) is 25.0 Å². The number of likely N-dealkylation sites (tertiary alicyclic amines) is 1. The minimum atomic E-state index is -0.888. The van der Waals surface area contributed by atoms with E-state index in [1.807, 2.05) is 30.3 Å². The molecular weight excluding hydrogens is 356 g/mol. The lowest BCUT2D eigenvalue weighted by molar-refractivity contribution is -0.138. The third kappa shape index (κ3) is 4.22. The summed E-state index contributed by atoms with van der Waals surface area (Å²) in [4.78, 5) is 41.2. The van der Waals surface area contributed by atoms with Gasteiger partial charge >= 0.3 is 5.97 Å². The predicted octanol–water partition coefficient (Wildman–Crippen LogP) is 3.13. The summed E-state index contributed by atoms with van der Waals surface area (Å²) in [6.07, 6.45) is 1.05. The lowest BCUT2D eigenvalue weighted by Gasteiger charge is -2.21. The van der Waals surface area contributed by atoms with Gasteiger partial charge in [0.05, 0.1) is 11.1 Å². The molecule has 146 valence electrons. The van der Waals surface area contributed by atoms with Crippen LogP contribution in [-0.2, 0) is 9.53 Å². The summed E-state index contributed by atoms with van der Waals surface area (Å²) in [6.45, 7) is 2.95. The Morgan fingerprint density at radius 2 is 1.50 bits per heavy atom. The van der Waals surface area contributed by atoms with Crippen LogP contribution in [0, 0.1) is 0 Å². The molecule has 3 rings (SSSR count). The predicted molar refractivity (Wildman–Crippen MR) is 106 cm³/mol. The first-order valence-electron chi connectivity index (χ1n) is 9.41. The second kappa shape index (κ2) is 8.69. The topological polar surface area (TPSA) is 66.9 Å². The smallest absolute Gasteiger partial charge is 0.339 e. The number of rotatable bonds is 5. The van der Waals surface area contributed by atoms with E-state index >= 15 is 0 Å². The highest BCUT2D eigenvalue weighted by Crippen LogP contribution is 2.19. The maximum atomic E-state index is 12.9. The molecule has 2 amide bonds. The zero-order chi connectivity index (χ0) is 20.1. The number of carbonyl (C=O) groups is 3. The molecule has 6 heteroatoms. The van der Waals surface area contributed by atoms with Crippen LogP contribution in [0.25, 0.3) is 0 Å². The van der Waals surface area contributed by atoms with Crippen LogP contribution in [0.4, 0.5) is 5.69 Å². The zero-order valence-electron chi connectivity index (χ0n) is 16.1. The van der Waals surface area contributed by atoms with Crippen LogP contribution in [0.5, 0.6) is 0 Å². The summed E-state index contributed by atoms with van der Waals surface area (Å²) in [5, 5.41) is 0. The first kappa shape index (κ1) is 19.6. The van der Waals surface area contributed by atoms with Crippen LogP contribution in [0.1, 0.15) is 40.5 Å². The van der Waals surface area contributed by atoms with Gasteiger partial charge in [0.1, 0.15) is 0 Å². The molecule has 28 heavy (non-hydrogen) atoms. The second-order valence-electron chi connectivity index (χ2n) is 6.83. The molecular formula is C22H24N2O4. The van der Waals surface area contributed by atoms with E-state index in [4.69, 9.17) is 4.74 Å². The molecule has 0 aromatic heterocycles. The first-order chi connectivity index (χ1) is 13.5. The summed E-state index contributed by atoms with van der Waals surface area (Å²) in [5.74, 6) is -1.20. The molecule has 2 aromatic carbocycles. The normalized spacial score (nSPS) is 14.4. The maximum absolute atomic E-state index is 12.9. The number of amides is 2. The van der Waals surface area contributed by atoms with Gasteiger partial charge in [-0.1, -0.05) is 30.3 Å². The zero-order valence-corrected chi connectivity index (χ0v) is 16.1. The minimum absolute atomic E-state index is 0.149. The fourth-order valence-corrected chi connectivity index (χ4v) is 3.27. The van der Waals surface area contributed by atoms with E-state index in [-0.39, 0.29) is 22.9 Å². The van der Waals surface area contributed by atoms with Crippen LogP contribution in [0.3, 0.4) is 0 Å². The van der Waals surface area contributed by atoms with Gasteiger partial charge in [-0.2, -0.15) is 0 Å². The molecule has 1 atom stereocenters.